The largest absolute Gasteiger partial charge is 0.419 e. The lowest BCUT2D eigenvalue weighted by atomic mass is 9.97. The first-order valence-corrected chi connectivity index (χ1v) is 14.2. The monoisotopic (exact) mass is 667 g/mol. The maximum atomic E-state index is 14.9. The van der Waals surface area contributed by atoms with Crippen molar-refractivity contribution in [1.82, 2.24) is 14.5 Å². The van der Waals surface area contributed by atoms with Gasteiger partial charge in [-0.15, -0.1) is 11.6 Å². The van der Waals surface area contributed by atoms with Gasteiger partial charge in [0.1, 0.15) is 17.1 Å². The van der Waals surface area contributed by atoms with E-state index in [-0.39, 0.29) is 17.7 Å². The second kappa shape index (κ2) is 11.4. The Bertz CT molecular complexity index is 1490. The molecule has 202 valence electrons. The molecule has 1 unspecified atom stereocenters. The highest BCUT2D eigenvalue weighted by Crippen LogP contribution is 2.38. The Hall–Kier alpha value is -2.76. The van der Waals surface area contributed by atoms with Gasteiger partial charge in [-0.3, -0.25) is 14.3 Å². The predicted molar refractivity (Wildman–Crippen MR) is 150 cm³/mol. The number of fused-ring (bicyclic) bond motifs is 1. The Labute approximate surface area is 241 Å². The van der Waals surface area contributed by atoms with E-state index < -0.39 is 29.1 Å². The Morgan fingerprint density at radius 2 is 1.56 bits per heavy atom. The van der Waals surface area contributed by atoms with Crippen molar-refractivity contribution in [2.45, 2.75) is 35.1 Å². The third-order valence-corrected chi connectivity index (χ3v) is 8.08. The summed E-state index contributed by atoms with van der Waals surface area (Å²) in [6.07, 6.45) is -4.48. The topological polar surface area (TPSA) is 38.1 Å². The molecule has 2 heterocycles. The van der Waals surface area contributed by atoms with Crippen LogP contribution in [0.1, 0.15) is 50.9 Å². The van der Waals surface area contributed by atoms with Gasteiger partial charge in [0.2, 0.25) is 0 Å². The first-order chi connectivity index (χ1) is 18.7. The molecule has 5 rings (SSSR count). The number of alkyl halides is 5. The van der Waals surface area contributed by atoms with Gasteiger partial charge in [0, 0.05) is 25.1 Å². The van der Waals surface area contributed by atoms with Gasteiger partial charge in [0.25, 0.3) is 5.56 Å². The highest BCUT2D eigenvalue weighted by Gasteiger charge is 2.37. The van der Waals surface area contributed by atoms with Crippen LogP contribution in [0.4, 0.5) is 17.6 Å². The number of aromatic nitrogens is 2. The van der Waals surface area contributed by atoms with E-state index in [0.29, 0.717) is 40.5 Å². The van der Waals surface area contributed by atoms with Crippen LogP contribution in [0.25, 0.3) is 0 Å². The van der Waals surface area contributed by atoms with Gasteiger partial charge >= 0.3 is 6.18 Å². The van der Waals surface area contributed by atoms with Crippen LogP contribution in [0.3, 0.4) is 0 Å². The molecule has 4 aromatic rings. The van der Waals surface area contributed by atoms with Gasteiger partial charge in [0.05, 0.1) is 27.3 Å². The molecule has 10 heteroatoms. The van der Waals surface area contributed by atoms with Crippen LogP contribution in [-0.2, 0) is 23.6 Å². The number of benzene rings is 3. The zero-order valence-electron chi connectivity index (χ0n) is 20.5. The Morgan fingerprint density at radius 3 is 2.13 bits per heavy atom. The van der Waals surface area contributed by atoms with Crippen LogP contribution in [-0.4, -0.2) is 21.0 Å². The van der Waals surface area contributed by atoms with Crippen molar-refractivity contribution in [2.24, 2.45) is 0 Å². The molecule has 0 radical (unpaired) electrons. The zero-order valence-corrected chi connectivity index (χ0v) is 23.4. The molecule has 0 bridgehead atoms. The van der Waals surface area contributed by atoms with Crippen molar-refractivity contribution in [3.8, 4) is 0 Å². The van der Waals surface area contributed by atoms with Crippen LogP contribution in [0.2, 0.25) is 0 Å². The van der Waals surface area contributed by atoms with E-state index in [9.17, 15) is 22.4 Å². The molecule has 1 aliphatic heterocycles. The summed E-state index contributed by atoms with van der Waals surface area (Å²) in [5, 5.41) is 0. The maximum absolute atomic E-state index is 14.9. The normalized spacial score (nSPS) is 14.8. The lowest BCUT2D eigenvalue weighted by molar-refractivity contribution is -0.140. The molecule has 1 aliphatic rings. The second-order valence-corrected chi connectivity index (χ2v) is 10.4. The standard InChI is InChI=1S/C29H23ClF4IN3O/c30-27(20-12-7-13-22(25(20)31)29(32,33)34)37-15-14-23-21(17-37)28(39)38(24(16-35)36-23)26(18-8-3-1-4-9-18)19-10-5-2-6-11-19/h1-13,26-27H,14-17H2. The fraction of sp³-hybridized carbons (Fsp3) is 0.241. The molecule has 39 heavy (non-hydrogen) atoms. The van der Waals surface area contributed by atoms with E-state index in [2.05, 4.69) is 22.6 Å². The highest BCUT2D eigenvalue weighted by atomic mass is 127. The first-order valence-electron chi connectivity index (χ1n) is 12.2. The average molecular weight is 668 g/mol. The van der Waals surface area contributed by atoms with Crippen molar-refractivity contribution < 1.29 is 17.6 Å². The summed E-state index contributed by atoms with van der Waals surface area (Å²) in [5.41, 5.74) is -0.234. The van der Waals surface area contributed by atoms with Crippen molar-refractivity contribution in [2.75, 3.05) is 6.54 Å². The Balaban J connectivity index is 1.59. The molecule has 0 saturated carbocycles. The molecule has 0 amide bonds. The van der Waals surface area contributed by atoms with E-state index in [4.69, 9.17) is 16.6 Å². The lowest BCUT2D eigenvalue weighted by Crippen LogP contribution is -2.41. The van der Waals surface area contributed by atoms with Gasteiger partial charge in [0.15, 0.2) is 0 Å². The number of halogens is 6. The van der Waals surface area contributed by atoms with Crippen molar-refractivity contribution in [1.29, 1.82) is 0 Å². The number of nitrogens with zero attached hydrogens (tertiary/aromatic N) is 3. The van der Waals surface area contributed by atoms with Crippen LogP contribution in [0.15, 0.2) is 83.7 Å². The molecule has 1 atom stereocenters. The minimum Gasteiger partial charge on any atom is -0.284 e. The predicted octanol–water partition coefficient (Wildman–Crippen LogP) is 7.27. The van der Waals surface area contributed by atoms with Crippen molar-refractivity contribution in [3.63, 3.8) is 0 Å². The van der Waals surface area contributed by atoms with Crippen LogP contribution in [0.5, 0.6) is 0 Å². The first kappa shape index (κ1) is 27.8. The molecule has 0 fully saturated rings. The van der Waals surface area contributed by atoms with Gasteiger partial charge < -0.3 is 0 Å². The fourth-order valence-electron chi connectivity index (χ4n) is 5.03. The highest BCUT2D eigenvalue weighted by molar-refractivity contribution is 14.1. The average Bonchev–Trinajstić information content (AvgIpc) is 2.94. The van der Waals surface area contributed by atoms with E-state index in [1.165, 1.54) is 6.07 Å². The fourth-order valence-corrected chi connectivity index (χ4v) is 5.90. The summed E-state index contributed by atoms with van der Waals surface area (Å²) >= 11 is 8.76. The maximum Gasteiger partial charge on any atom is 0.419 e. The third-order valence-electron chi connectivity index (χ3n) is 6.88. The zero-order chi connectivity index (χ0) is 27.7. The molecular weight excluding hydrogens is 645 g/mol. The molecular formula is C29H23ClF4IN3O. The van der Waals surface area contributed by atoms with E-state index in [0.717, 1.165) is 17.2 Å². The summed E-state index contributed by atoms with van der Waals surface area (Å²) in [4.78, 5) is 20.6. The summed E-state index contributed by atoms with van der Waals surface area (Å²) in [5.74, 6) is -0.781. The van der Waals surface area contributed by atoms with E-state index in [1.54, 1.807) is 9.47 Å². The van der Waals surface area contributed by atoms with Gasteiger partial charge in [-0.05, 0) is 17.2 Å². The molecule has 4 nitrogen and oxygen atoms in total. The Morgan fingerprint density at radius 1 is 0.949 bits per heavy atom. The summed E-state index contributed by atoms with van der Waals surface area (Å²) in [6.45, 7) is 0.345. The van der Waals surface area contributed by atoms with Crippen LogP contribution in [0, 0.1) is 5.82 Å². The number of hydrogen-bond donors (Lipinski definition) is 0. The quantitative estimate of drug-likeness (QED) is 0.0940. The summed E-state index contributed by atoms with van der Waals surface area (Å²) in [6, 6.07) is 21.9. The van der Waals surface area contributed by atoms with Gasteiger partial charge in [-0.2, -0.15) is 13.2 Å². The number of rotatable bonds is 6. The van der Waals surface area contributed by atoms with Gasteiger partial charge in [-0.1, -0.05) is 95.4 Å². The lowest BCUT2D eigenvalue weighted by Gasteiger charge is -2.33. The molecule has 0 saturated heterocycles. The smallest absolute Gasteiger partial charge is 0.284 e. The Kier molecular flexibility index (Phi) is 8.11. The van der Waals surface area contributed by atoms with Gasteiger partial charge in [-0.25, -0.2) is 9.37 Å². The molecule has 1 aromatic heterocycles. The SMILES string of the molecule is O=c1c2c(nc(CI)n1C(c1ccccc1)c1ccccc1)CCN(C(Cl)c1cccc(C(F)(F)F)c1F)C2. The van der Waals surface area contributed by atoms with Crippen LogP contribution < -0.4 is 5.56 Å². The molecule has 0 aliphatic carbocycles. The molecule has 3 aromatic carbocycles. The molecule has 0 N–H and O–H groups in total. The second-order valence-electron chi connectivity index (χ2n) is 9.25. The van der Waals surface area contributed by atoms with E-state index >= 15 is 0 Å². The minimum absolute atomic E-state index is 0.0306. The minimum atomic E-state index is -4.84. The van der Waals surface area contributed by atoms with Crippen LogP contribution >= 0.6 is 34.2 Å². The van der Waals surface area contributed by atoms with Crippen molar-refractivity contribution >= 4 is 34.2 Å². The molecule has 0 spiro atoms. The third kappa shape index (κ3) is 5.49. The van der Waals surface area contributed by atoms with Crippen molar-refractivity contribution in [3.05, 3.63) is 134 Å². The number of hydrogen-bond acceptors (Lipinski definition) is 3. The van der Waals surface area contributed by atoms with E-state index in [1.807, 2.05) is 60.7 Å². The summed E-state index contributed by atoms with van der Waals surface area (Å²) < 4.78 is 57.0. The summed E-state index contributed by atoms with van der Waals surface area (Å²) in [7, 11) is 0.